The number of hydrogen-bond acceptors (Lipinski definition) is 5. The van der Waals surface area contributed by atoms with Crippen molar-refractivity contribution in [2.24, 2.45) is 17.8 Å². The molecule has 0 atom stereocenters. The Kier molecular flexibility index (Phi) is 6.42. The van der Waals surface area contributed by atoms with Crippen LogP contribution in [0, 0.1) is 17.8 Å². The summed E-state index contributed by atoms with van der Waals surface area (Å²) in [5, 5.41) is 0. The van der Waals surface area contributed by atoms with E-state index in [1.807, 2.05) is 30.3 Å². The normalized spacial score (nSPS) is 23.5. The molecule has 2 aromatic heterocycles. The number of fused-ring (bicyclic) bond motifs is 4. The average molecular weight is 677 g/mol. The topological polar surface area (TPSA) is 64.7 Å². The maximum absolute atomic E-state index is 5.61. The minimum absolute atomic E-state index is 0.223. The van der Waals surface area contributed by atoms with Crippen molar-refractivity contribution in [3.8, 4) is 56.4 Å². The molecule has 4 fully saturated rings. The lowest BCUT2D eigenvalue weighted by Crippen LogP contribution is -2.48. The predicted octanol–water partition coefficient (Wildman–Crippen LogP) is 11.5. The van der Waals surface area contributed by atoms with Crippen LogP contribution < -0.4 is 0 Å². The van der Waals surface area contributed by atoms with Gasteiger partial charge in [0.15, 0.2) is 29.4 Å². The van der Waals surface area contributed by atoms with E-state index in [1.54, 1.807) is 0 Å². The number of nitrogens with zero attached hydrogens (tertiary/aromatic N) is 4. The minimum atomic E-state index is -0.223. The smallest absolute Gasteiger partial charge is 0.182 e. The molecule has 0 amide bonds. The summed E-state index contributed by atoms with van der Waals surface area (Å²) in [5.41, 5.74) is 13.7. The van der Waals surface area contributed by atoms with Gasteiger partial charge < -0.3 is 4.42 Å². The van der Waals surface area contributed by atoms with Crippen molar-refractivity contribution in [1.82, 2.24) is 19.9 Å². The maximum atomic E-state index is 5.61. The van der Waals surface area contributed by atoms with Crippen molar-refractivity contribution < 1.29 is 4.42 Å². The Hall–Kier alpha value is -5.42. The standard InChI is InChI=1S/C47H40N4O/c1-46(2)39-22-33(36-9-6-10-41-42(36)48-27-52-41)13-17-37(39)38-18-14-34(23-40(38)46)45-50-43(31-7-4-3-5-8-31)49-44(51-45)32-11-15-35(16-12-32)47-24-28-19-29(25-47)21-30(20-28)26-47/h3-18,22-23,27-30H,19-21,24-26H2,1-2H3. The van der Waals surface area contributed by atoms with Crippen LogP contribution in [0.25, 0.3) is 67.5 Å². The molecule has 2 heterocycles. The number of rotatable bonds is 5. The lowest BCUT2D eigenvalue weighted by Gasteiger charge is -2.57. The SMILES string of the molecule is CC1(C)c2cc(-c3nc(-c4ccccc4)nc(-c4ccc(C56CC7CC(CC(C7)C5)C6)cc4)n3)ccc2-c2ccc(-c3cccc4ocnc34)cc21. The number of para-hydroxylation sites is 1. The van der Waals surface area contributed by atoms with Gasteiger partial charge in [-0.3, -0.25) is 0 Å². The van der Waals surface area contributed by atoms with E-state index in [4.69, 9.17) is 19.4 Å². The number of hydrogen-bond donors (Lipinski definition) is 0. The Bertz CT molecular complexity index is 2490. The van der Waals surface area contributed by atoms with E-state index in [-0.39, 0.29) is 5.41 Å². The molecule has 0 spiro atoms. The molecule has 5 nitrogen and oxygen atoms in total. The molecule has 0 N–H and O–H groups in total. The molecule has 0 aliphatic heterocycles. The van der Waals surface area contributed by atoms with Crippen molar-refractivity contribution in [3.05, 3.63) is 132 Å². The van der Waals surface area contributed by atoms with E-state index in [1.165, 1.54) is 72.7 Å². The first kappa shape index (κ1) is 30.2. The van der Waals surface area contributed by atoms with E-state index < -0.39 is 0 Å². The Morgan fingerprint density at radius 1 is 0.538 bits per heavy atom. The quantitative estimate of drug-likeness (QED) is 0.182. The second-order valence-electron chi connectivity index (χ2n) is 16.6. The third-order valence-corrected chi connectivity index (χ3v) is 13.1. The van der Waals surface area contributed by atoms with E-state index in [0.717, 1.165) is 62.5 Å². The highest BCUT2D eigenvalue weighted by molar-refractivity contribution is 5.93. The highest BCUT2D eigenvalue weighted by Gasteiger charge is 2.51. The molecule has 0 saturated heterocycles. The van der Waals surface area contributed by atoms with Gasteiger partial charge in [-0.15, -0.1) is 0 Å². The van der Waals surface area contributed by atoms with Gasteiger partial charge in [0.2, 0.25) is 0 Å². The molecular weight excluding hydrogens is 637 g/mol. The fourth-order valence-electron chi connectivity index (χ4n) is 11.0. The highest BCUT2D eigenvalue weighted by Crippen LogP contribution is 2.61. The highest BCUT2D eigenvalue weighted by atomic mass is 16.3. The fourth-order valence-corrected chi connectivity index (χ4v) is 11.0. The third-order valence-electron chi connectivity index (χ3n) is 13.1. The molecule has 5 aliphatic carbocycles. The maximum Gasteiger partial charge on any atom is 0.182 e. The van der Waals surface area contributed by atoms with E-state index in [2.05, 4.69) is 97.7 Å². The van der Waals surface area contributed by atoms with Gasteiger partial charge in [-0.1, -0.05) is 105 Å². The zero-order chi connectivity index (χ0) is 34.6. The lowest BCUT2D eigenvalue weighted by atomic mass is 9.48. The van der Waals surface area contributed by atoms with Gasteiger partial charge in [0, 0.05) is 27.7 Å². The zero-order valence-corrected chi connectivity index (χ0v) is 29.6. The van der Waals surface area contributed by atoms with Crippen LogP contribution in [0.4, 0.5) is 0 Å². The fraction of sp³-hybridized carbons (Fsp3) is 0.277. The second-order valence-corrected chi connectivity index (χ2v) is 16.6. The van der Waals surface area contributed by atoms with Crippen molar-refractivity contribution in [3.63, 3.8) is 0 Å². The van der Waals surface area contributed by atoms with Crippen LogP contribution in [-0.4, -0.2) is 19.9 Å². The molecular formula is C47H40N4O. The number of aromatic nitrogens is 4. The number of benzene rings is 5. The molecule has 5 aliphatic rings. The summed E-state index contributed by atoms with van der Waals surface area (Å²) in [7, 11) is 0. The van der Waals surface area contributed by atoms with E-state index in [9.17, 15) is 0 Å². The summed E-state index contributed by atoms with van der Waals surface area (Å²) in [6.45, 7) is 4.64. The molecule has 0 radical (unpaired) electrons. The second kappa shape index (κ2) is 11.0. The van der Waals surface area contributed by atoms with Gasteiger partial charge in [-0.25, -0.2) is 19.9 Å². The molecule has 0 unspecified atom stereocenters. The molecule has 7 aromatic rings. The van der Waals surface area contributed by atoms with Crippen molar-refractivity contribution in [1.29, 1.82) is 0 Å². The first-order chi connectivity index (χ1) is 25.4. The van der Waals surface area contributed by atoms with Crippen LogP contribution in [0.1, 0.15) is 69.1 Å². The van der Waals surface area contributed by atoms with Crippen LogP contribution in [-0.2, 0) is 10.8 Å². The van der Waals surface area contributed by atoms with Crippen LogP contribution in [0.2, 0.25) is 0 Å². The Labute approximate surface area is 304 Å². The Morgan fingerprint density at radius 2 is 1.10 bits per heavy atom. The monoisotopic (exact) mass is 676 g/mol. The van der Waals surface area contributed by atoms with Gasteiger partial charge in [0.25, 0.3) is 0 Å². The summed E-state index contributed by atoms with van der Waals surface area (Å²) in [6, 6.07) is 39.3. The van der Waals surface area contributed by atoms with Crippen molar-refractivity contribution in [2.45, 2.75) is 63.2 Å². The van der Waals surface area contributed by atoms with Crippen LogP contribution in [0.15, 0.2) is 120 Å². The molecule has 12 rings (SSSR count). The Morgan fingerprint density at radius 3 is 1.75 bits per heavy atom. The van der Waals surface area contributed by atoms with E-state index >= 15 is 0 Å². The summed E-state index contributed by atoms with van der Waals surface area (Å²) in [5.74, 6) is 4.88. The largest absolute Gasteiger partial charge is 0.443 e. The molecule has 4 saturated carbocycles. The summed E-state index contributed by atoms with van der Waals surface area (Å²) >= 11 is 0. The first-order valence-electron chi connectivity index (χ1n) is 19.0. The summed E-state index contributed by atoms with van der Waals surface area (Å²) in [6.07, 6.45) is 10.00. The van der Waals surface area contributed by atoms with Crippen molar-refractivity contribution >= 4 is 11.1 Å². The van der Waals surface area contributed by atoms with E-state index in [0.29, 0.717) is 17.1 Å². The molecule has 254 valence electrons. The zero-order valence-electron chi connectivity index (χ0n) is 29.6. The summed E-state index contributed by atoms with van der Waals surface area (Å²) in [4.78, 5) is 19.9. The molecule has 52 heavy (non-hydrogen) atoms. The van der Waals surface area contributed by atoms with Gasteiger partial charge in [0.05, 0.1) is 0 Å². The van der Waals surface area contributed by atoms with Crippen LogP contribution >= 0.6 is 0 Å². The average Bonchev–Trinajstić information content (AvgIpc) is 3.75. The van der Waals surface area contributed by atoms with Gasteiger partial charge >= 0.3 is 0 Å². The van der Waals surface area contributed by atoms with Crippen LogP contribution in [0.5, 0.6) is 0 Å². The van der Waals surface area contributed by atoms with Crippen LogP contribution in [0.3, 0.4) is 0 Å². The number of oxazole rings is 1. The Balaban J connectivity index is 0.978. The van der Waals surface area contributed by atoms with Gasteiger partial charge in [-0.2, -0.15) is 0 Å². The molecule has 4 bridgehead atoms. The molecule has 5 aromatic carbocycles. The lowest BCUT2D eigenvalue weighted by molar-refractivity contribution is -0.00518. The predicted molar refractivity (Wildman–Crippen MR) is 207 cm³/mol. The first-order valence-corrected chi connectivity index (χ1v) is 19.0. The van der Waals surface area contributed by atoms with Gasteiger partial charge in [-0.05, 0) is 113 Å². The molecule has 5 heteroatoms. The third kappa shape index (κ3) is 4.61. The van der Waals surface area contributed by atoms with Crippen molar-refractivity contribution in [2.75, 3.05) is 0 Å². The minimum Gasteiger partial charge on any atom is -0.443 e. The summed E-state index contributed by atoms with van der Waals surface area (Å²) < 4.78 is 5.61. The van der Waals surface area contributed by atoms with Gasteiger partial charge in [0.1, 0.15) is 5.52 Å².